The van der Waals surface area contributed by atoms with E-state index in [0.29, 0.717) is 11.1 Å². The Morgan fingerprint density at radius 1 is 0.939 bits per heavy atom. The number of amides is 5. The molecule has 1 aliphatic heterocycles. The van der Waals surface area contributed by atoms with Crippen molar-refractivity contribution in [2.24, 2.45) is 0 Å². The van der Waals surface area contributed by atoms with E-state index in [1.807, 2.05) is 0 Å². The maximum atomic E-state index is 12.4. The van der Waals surface area contributed by atoms with Crippen molar-refractivity contribution < 1.29 is 23.9 Å². The van der Waals surface area contributed by atoms with Crippen LogP contribution in [0.2, 0.25) is 0 Å². The second kappa shape index (κ2) is 9.82. The number of halogens is 3. The van der Waals surface area contributed by atoms with Gasteiger partial charge >= 0.3 is 6.03 Å². The first-order valence-corrected chi connectivity index (χ1v) is 10.6. The first-order chi connectivity index (χ1) is 15.5. The second-order valence-corrected chi connectivity index (χ2v) is 9.39. The van der Waals surface area contributed by atoms with Gasteiger partial charge in [-0.3, -0.25) is 24.2 Å². The van der Waals surface area contributed by atoms with E-state index in [4.69, 9.17) is 39.5 Å². The smallest absolute Gasteiger partial charge is 0.333 e. The molecule has 2 aromatic rings. The number of alkyl halides is 3. The number of carbonyl (C=O) groups is 4. The second-order valence-electron chi connectivity index (χ2n) is 7.02. The summed E-state index contributed by atoms with van der Waals surface area (Å²) in [4.78, 5) is 50.6. The molecule has 1 aliphatic rings. The van der Waals surface area contributed by atoms with Gasteiger partial charge in [0.05, 0.1) is 0 Å². The quantitative estimate of drug-likeness (QED) is 0.287. The van der Waals surface area contributed by atoms with E-state index in [1.54, 1.807) is 42.5 Å². The summed E-state index contributed by atoms with van der Waals surface area (Å²) in [5, 5.41) is 2.53. The Labute approximate surface area is 204 Å². The Kier molecular flexibility index (Phi) is 7.31. The molecular weight excluding hydrogens is 493 g/mol. The van der Waals surface area contributed by atoms with Crippen molar-refractivity contribution >= 4 is 64.6 Å². The average Bonchev–Trinajstić information content (AvgIpc) is 2.79. The SMILES string of the molecule is CN1C(=O)C(=Cc2ccc(O[C@H](NC(=O)c3ccccc3)C(Cl)(Cl)Cl)cc2)C(=O)N(C)C1=O. The molecule has 0 radical (unpaired) electrons. The van der Waals surface area contributed by atoms with Gasteiger partial charge in [0.15, 0.2) is 0 Å². The molecule has 8 nitrogen and oxygen atoms in total. The number of imide groups is 2. The van der Waals surface area contributed by atoms with Gasteiger partial charge in [0.1, 0.15) is 11.3 Å². The van der Waals surface area contributed by atoms with Gasteiger partial charge in [-0.2, -0.15) is 0 Å². The monoisotopic (exact) mass is 509 g/mol. The number of ether oxygens (including phenoxy) is 1. The van der Waals surface area contributed by atoms with Crippen LogP contribution in [0, 0.1) is 0 Å². The Bertz CT molecular complexity index is 1090. The molecule has 1 heterocycles. The molecule has 0 bridgehead atoms. The highest BCUT2D eigenvalue weighted by Gasteiger charge is 2.38. The molecule has 1 N–H and O–H groups in total. The molecule has 0 spiro atoms. The van der Waals surface area contributed by atoms with Crippen LogP contribution in [0.25, 0.3) is 6.08 Å². The van der Waals surface area contributed by atoms with Gasteiger partial charge in [-0.25, -0.2) is 4.79 Å². The maximum absolute atomic E-state index is 12.4. The minimum Gasteiger partial charge on any atom is -0.466 e. The Balaban J connectivity index is 1.77. The maximum Gasteiger partial charge on any atom is 0.333 e. The highest BCUT2D eigenvalue weighted by Crippen LogP contribution is 2.32. The minimum atomic E-state index is -1.98. The first kappa shape index (κ1) is 24.6. The molecule has 11 heteroatoms. The zero-order valence-corrected chi connectivity index (χ0v) is 19.7. The fourth-order valence-electron chi connectivity index (χ4n) is 2.89. The fraction of sp³-hybridized carbons (Fsp3) is 0.182. The van der Waals surface area contributed by atoms with Crippen molar-refractivity contribution in [1.29, 1.82) is 0 Å². The third kappa shape index (κ3) is 5.65. The summed E-state index contributed by atoms with van der Waals surface area (Å²) in [5.74, 6) is -1.65. The lowest BCUT2D eigenvalue weighted by Gasteiger charge is -2.28. The van der Waals surface area contributed by atoms with E-state index in [2.05, 4.69) is 5.32 Å². The molecule has 1 atom stereocenters. The number of nitrogens with zero attached hydrogens (tertiary/aromatic N) is 2. The van der Waals surface area contributed by atoms with E-state index >= 15 is 0 Å². The van der Waals surface area contributed by atoms with Gasteiger partial charge in [0, 0.05) is 19.7 Å². The molecule has 172 valence electrons. The standard InChI is InChI=1S/C22H18Cl3N3O5/c1-27-18(30)16(19(31)28(2)21(27)32)12-13-8-10-15(11-9-13)33-20(22(23,24)25)26-17(29)14-6-4-3-5-7-14/h3-12,20H,1-2H3,(H,26,29)/t20-/m0/s1. The van der Waals surface area contributed by atoms with Crippen molar-refractivity contribution in [3.63, 3.8) is 0 Å². The highest BCUT2D eigenvalue weighted by molar-refractivity contribution is 6.68. The summed E-state index contributed by atoms with van der Waals surface area (Å²) in [6, 6.07) is 13.8. The Morgan fingerprint density at radius 2 is 1.48 bits per heavy atom. The minimum absolute atomic E-state index is 0.164. The van der Waals surface area contributed by atoms with Crippen LogP contribution in [0.4, 0.5) is 4.79 Å². The first-order valence-electron chi connectivity index (χ1n) is 9.50. The van der Waals surface area contributed by atoms with E-state index in [0.717, 1.165) is 9.80 Å². The zero-order valence-electron chi connectivity index (χ0n) is 17.4. The number of carbonyl (C=O) groups excluding carboxylic acids is 4. The lowest BCUT2D eigenvalue weighted by Crippen LogP contribution is -2.52. The third-order valence-corrected chi connectivity index (χ3v) is 5.28. The molecule has 3 rings (SSSR count). The van der Waals surface area contributed by atoms with Crippen LogP contribution in [0.3, 0.4) is 0 Å². The van der Waals surface area contributed by atoms with Gasteiger partial charge in [-0.15, -0.1) is 0 Å². The molecule has 0 saturated carbocycles. The number of hydrogen-bond acceptors (Lipinski definition) is 5. The Morgan fingerprint density at radius 3 is 2.00 bits per heavy atom. The third-order valence-electron chi connectivity index (χ3n) is 4.68. The highest BCUT2D eigenvalue weighted by atomic mass is 35.6. The lowest BCUT2D eigenvalue weighted by atomic mass is 10.1. The van der Waals surface area contributed by atoms with Crippen LogP contribution >= 0.6 is 34.8 Å². The van der Waals surface area contributed by atoms with E-state index in [1.165, 1.54) is 32.3 Å². The number of hydrogen-bond donors (Lipinski definition) is 1. The van der Waals surface area contributed by atoms with Gasteiger partial charge in [-0.1, -0.05) is 65.1 Å². The fourth-order valence-corrected chi connectivity index (χ4v) is 3.19. The summed E-state index contributed by atoms with van der Waals surface area (Å²) in [6.07, 6.45) is 0.0477. The lowest BCUT2D eigenvalue weighted by molar-refractivity contribution is -0.134. The van der Waals surface area contributed by atoms with Crippen LogP contribution < -0.4 is 10.1 Å². The number of rotatable bonds is 5. The molecule has 1 saturated heterocycles. The van der Waals surface area contributed by atoms with Gasteiger partial charge in [0.25, 0.3) is 17.7 Å². The molecule has 5 amide bonds. The molecule has 0 aliphatic carbocycles. The number of likely N-dealkylation sites (N-methyl/N-ethyl adjacent to an activating group) is 2. The largest absolute Gasteiger partial charge is 0.466 e. The van der Waals surface area contributed by atoms with Crippen LogP contribution in [-0.4, -0.2) is 57.7 Å². The van der Waals surface area contributed by atoms with Crippen LogP contribution in [-0.2, 0) is 9.59 Å². The van der Waals surface area contributed by atoms with E-state index in [-0.39, 0.29) is 11.3 Å². The summed E-state index contributed by atoms with van der Waals surface area (Å²) in [6.45, 7) is 0. The van der Waals surface area contributed by atoms with E-state index < -0.39 is 33.8 Å². The zero-order chi connectivity index (χ0) is 24.3. The van der Waals surface area contributed by atoms with Crippen molar-refractivity contribution in [2.45, 2.75) is 10.0 Å². The number of urea groups is 1. The average molecular weight is 511 g/mol. The van der Waals surface area contributed by atoms with E-state index in [9.17, 15) is 19.2 Å². The predicted molar refractivity (Wildman–Crippen MR) is 124 cm³/mol. The van der Waals surface area contributed by atoms with Gasteiger partial charge in [-0.05, 0) is 35.9 Å². The molecular formula is C22H18Cl3N3O5. The van der Waals surface area contributed by atoms with Gasteiger partial charge < -0.3 is 10.1 Å². The van der Waals surface area contributed by atoms with Crippen molar-refractivity contribution in [2.75, 3.05) is 14.1 Å². The Hall–Kier alpha value is -3.07. The van der Waals surface area contributed by atoms with Crippen molar-refractivity contribution in [3.05, 3.63) is 71.3 Å². The molecule has 1 fully saturated rings. The number of benzene rings is 2. The summed E-state index contributed by atoms with van der Waals surface area (Å²) in [7, 11) is 2.58. The summed E-state index contributed by atoms with van der Waals surface area (Å²) in [5.41, 5.74) is 0.689. The van der Waals surface area contributed by atoms with Crippen molar-refractivity contribution in [1.82, 2.24) is 15.1 Å². The van der Waals surface area contributed by atoms with Crippen LogP contribution in [0.15, 0.2) is 60.2 Å². The number of nitrogens with one attached hydrogen (secondary N) is 1. The summed E-state index contributed by atoms with van der Waals surface area (Å²) < 4.78 is 3.68. The molecule has 33 heavy (non-hydrogen) atoms. The van der Waals surface area contributed by atoms with Crippen LogP contribution in [0.5, 0.6) is 5.75 Å². The molecule has 0 aromatic heterocycles. The molecule has 0 unspecified atom stereocenters. The number of barbiturate groups is 1. The van der Waals surface area contributed by atoms with Gasteiger partial charge in [0.2, 0.25) is 10.0 Å². The van der Waals surface area contributed by atoms with Crippen molar-refractivity contribution in [3.8, 4) is 5.75 Å². The molecule has 2 aromatic carbocycles. The van der Waals surface area contributed by atoms with Crippen LogP contribution in [0.1, 0.15) is 15.9 Å². The topological polar surface area (TPSA) is 96.0 Å². The normalized spacial score (nSPS) is 15.4. The predicted octanol–water partition coefficient (Wildman–Crippen LogP) is 3.63. The summed E-state index contributed by atoms with van der Waals surface area (Å²) >= 11 is 17.9.